The van der Waals surface area contributed by atoms with E-state index in [1.807, 2.05) is 18.2 Å². The highest BCUT2D eigenvalue weighted by atomic mass is 79.9. The largest absolute Gasteiger partial charge is 0.507 e. The number of hydrogen-bond acceptors (Lipinski definition) is 2. The fourth-order valence-corrected chi connectivity index (χ4v) is 2.73. The molecule has 0 saturated heterocycles. The molecule has 0 spiro atoms. The summed E-state index contributed by atoms with van der Waals surface area (Å²) in [4.78, 5) is 0. The highest BCUT2D eigenvalue weighted by molar-refractivity contribution is 9.13. The average Bonchev–Trinajstić information content (AvgIpc) is 2.30. The molecule has 2 nitrogen and oxygen atoms in total. The molecule has 0 heterocycles. The molecule has 0 fully saturated rings. The van der Waals surface area contributed by atoms with Gasteiger partial charge in [0.2, 0.25) is 0 Å². The molecule has 0 aromatic heterocycles. The van der Waals surface area contributed by atoms with Gasteiger partial charge < -0.3 is 10.2 Å². The maximum atomic E-state index is 9.54. The van der Waals surface area contributed by atoms with E-state index in [1.54, 1.807) is 12.1 Å². The van der Waals surface area contributed by atoms with Crippen LogP contribution in [0.25, 0.3) is 11.1 Å². The van der Waals surface area contributed by atoms with Crippen LogP contribution < -0.4 is 0 Å². The number of hydrogen-bond donors (Lipinski definition) is 2. The lowest BCUT2D eigenvalue weighted by molar-refractivity contribution is 0.471. The van der Waals surface area contributed by atoms with Crippen LogP contribution in [0.5, 0.6) is 11.5 Å². The molecule has 0 bridgehead atoms. The van der Waals surface area contributed by atoms with Crippen LogP contribution in [0.1, 0.15) is 0 Å². The van der Waals surface area contributed by atoms with Crippen LogP contribution in [0.2, 0.25) is 0 Å². The summed E-state index contributed by atoms with van der Waals surface area (Å²) in [7, 11) is 0. The van der Waals surface area contributed by atoms with Crippen LogP contribution in [0.15, 0.2) is 43.7 Å². The second kappa shape index (κ2) is 5.00. The number of phenolic OH excluding ortho intramolecular Hbond substituents is 2. The van der Waals surface area contributed by atoms with Crippen molar-refractivity contribution in [3.8, 4) is 22.6 Å². The van der Waals surface area contributed by atoms with Crippen molar-refractivity contribution in [1.82, 2.24) is 0 Å². The Morgan fingerprint density at radius 1 is 0.765 bits per heavy atom. The number of benzene rings is 2. The highest BCUT2D eigenvalue weighted by Crippen LogP contribution is 2.40. The summed E-state index contributed by atoms with van der Waals surface area (Å²) >= 11 is 10.0. The molecule has 0 aliphatic heterocycles. The van der Waals surface area contributed by atoms with Gasteiger partial charge in [-0.3, -0.25) is 0 Å². The summed E-state index contributed by atoms with van der Waals surface area (Å²) in [5.74, 6) is 0.376. The van der Waals surface area contributed by atoms with Gasteiger partial charge in [-0.2, -0.15) is 0 Å². The third-order valence-electron chi connectivity index (χ3n) is 2.32. The third-order valence-corrected chi connectivity index (χ3v) is 5.11. The lowest BCUT2D eigenvalue weighted by Crippen LogP contribution is -1.82. The molecule has 0 radical (unpaired) electrons. The van der Waals surface area contributed by atoms with Crippen LogP contribution in [0.4, 0.5) is 0 Å². The van der Waals surface area contributed by atoms with Crippen molar-refractivity contribution in [1.29, 1.82) is 0 Å². The van der Waals surface area contributed by atoms with Gasteiger partial charge in [-0.05, 0) is 83.2 Å². The van der Waals surface area contributed by atoms with Gasteiger partial charge in [0.25, 0.3) is 0 Å². The molecule has 0 unspecified atom stereocenters. The van der Waals surface area contributed by atoms with E-state index in [4.69, 9.17) is 0 Å². The predicted molar refractivity (Wildman–Crippen MR) is 78.3 cm³/mol. The van der Waals surface area contributed by atoms with E-state index in [0.29, 0.717) is 8.95 Å². The SMILES string of the molecule is Oc1ccc(-c2ccc(O)c(Br)c2Br)cc1Br. The van der Waals surface area contributed by atoms with Crippen molar-refractivity contribution < 1.29 is 10.2 Å². The zero-order valence-electron chi connectivity index (χ0n) is 8.42. The summed E-state index contributed by atoms with van der Waals surface area (Å²) in [6.07, 6.45) is 0. The number of aromatic hydroxyl groups is 2. The van der Waals surface area contributed by atoms with E-state index in [1.165, 1.54) is 0 Å². The summed E-state index contributed by atoms with van der Waals surface area (Å²) in [5, 5.41) is 19.0. The Morgan fingerprint density at radius 2 is 1.41 bits per heavy atom. The number of halogens is 3. The molecular formula is C12H7Br3O2. The van der Waals surface area contributed by atoms with Gasteiger partial charge in [0.05, 0.1) is 8.95 Å². The van der Waals surface area contributed by atoms with Crippen LogP contribution in [-0.2, 0) is 0 Å². The standard InChI is InChI=1S/C12H7Br3O2/c13-8-5-6(1-3-9(8)16)7-2-4-10(17)12(15)11(7)14/h1-5,16-17H. The Bertz CT molecular complexity index is 582. The molecule has 0 aliphatic rings. The minimum absolute atomic E-state index is 0.179. The fourth-order valence-electron chi connectivity index (χ4n) is 1.44. The highest BCUT2D eigenvalue weighted by Gasteiger charge is 2.11. The molecule has 5 heteroatoms. The fraction of sp³-hybridized carbons (Fsp3) is 0. The quantitative estimate of drug-likeness (QED) is 0.675. The van der Waals surface area contributed by atoms with Gasteiger partial charge >= 0.3 is 0 Å². The van der Waals surface area contributed by atoms with Gasteiger partial charge in [-0.25, -0.2) is 0 Å². The summed E-state index contributed by atoms with van der Waals surface area (Å²) in [5.41, 5.74) is 1.86. The topological polar surface area (TPSA) is 40.5 Å². The first-order valence-electron chi connectivity index (χ1n) is 4.66. The number of rotatable bonds is 1. The van der Waals surface area contributed by atoms with Crippen molar-refractivity contribution in [2.75, 3.05) is 0 Å². The Balaban J connectivity index is 2.61. The van der Waals surface area contributed by atoms with Gasteiger partial charge in [0.1, 0.15) is 11.5 Å². The first-order chi connectivity index (χ1) is 8.00. The van der Waals surface area contributed by atoms with E-state index in [2.05, 4.69) is 47.8 Å². The maximum Gasteiger partial charge on any atom is 0.130 e. The zero-order chi connectivity index (χ0) is 12.6. The Kier molecular flexibility index (Phi) is 3.80. The van der Waals surface area contributed by atoms with Crippen molar-refractivity contribution in [2.24, 2.45) is 0 Å². The van der Waals surface area contributed by atoms with Crippen molar-refractivity contribution >= 4 is 47.8 Å². The Morgan fingerprint density at radius 3 is 2.06 bits per heavy atom. The van der Waals surface area contributed by atoms with Crippen molar-refractivity contribution in [3.05, 3.63) is 43.7 Å². The lowest BCUT2D eigenvalue weighted by atomic mass is 10.1. The Labute approximate surface area is 124 Å². The molecular weight excluding hydrogens is 416 g/mol. The second-order valence-corrected chi connectivity index (χ2v) is 5.87. The molecule has 0 saturated carbocycles. The second-order valence-electron chi connectivity index (χ2n) is 3.43. The molecule has 17 heavy (non-hydrogen) atoms. The predicted octanol–water partition coefficient (Wildman–Crippen LogP) is 5.05. The van der Waals surface area contributed by atoms with Gasteiger partial charge in [0.15, 0.2) is 0 Å². The molecule has 2 rings (SSSR count). The Hall–Kier alpha value is -0.520. The molecule has 0 atom stereocenters. The summed E-state index contributed by atoms with van der Waals surface area (Å²) in [6.45, 7) is 0. The molecule has 2 aromatic carbocycles. The van der Waals surface area contributed by atoms with Crippen LogP contribution in [0, 0.1) is 0 Å². The van der Waals surface area contributed by atoms with E-state index in [9.17, 15) is 10.2 Å². The molecule has 0 amide bonds. The molecule has 88 valence electrons. The zero-order valence-corrected chi connectivity index (χ0v) is 13.2. The van der Waals surface area contributed by atoms with Crippen LogP contribution in [0.3, 0.4) is 0 Å². The lowest BCUT2D eigenvalue weighted by Gasteiger charge is -2.09. The van der Waals surface area contributed by atoms with E-state index in [-0.39, 0.29) is 11.5 Å². The molecule has 0 aliphatic carbocycles. The van der Waals surface area contributed by atoms with Crippen molar-refractivity contribution in [2.45, 2.75) is 0 Å². The summed E-state index contributed by atoms with van der Waals surface area (Å²) < 4.78 is 2.01. The van der Waals surface area contributed by atoms with Gasteiger partial charge in [-0.1, -0.05) is 6.07 Å². The normalized spacial score (nSPS) is 10.5. The first kappa shape index (κ1) is 12.9. The first-order valence-corrected chi connectivity index (χ1v) is 7.04. The maximum absolute atomic E-state index is 9.54. The number of phenols is 2. The van der Waals surface area contributed by atoms with Crippen molar-refractivity contribution in [3.63, 3.8) is 0 Å². The van der Waals surface area contributed by atoms with E-state index in [0.717, 1.165) is 15.6 Å². The van der Waals surface area contributed by atoms with Crippen LogP contribution >= 0.6 is 47.8 Å². The van der Waals surface area contributed by atoms with E-state index < -0.39 is 0 Å². The van der Waals surface area contributed by atoms with Gasteiger partial charge in [-0.15, -0.1) is 0 Å². The monoisotopic (exact) mass is 420 g/mol. The van der Waals surface area contributed by atoms with Gasteiger partial charge in [0, 0.05) is 4.47 Å². The smallest absolute Gasteiger partial charge is 0.130 e. The minimum Gasteiger partial charge on any atom is -0.507 e. The third kappa shape index (κ3) is 2.51. The van der Waals surface area contributed by atoms with E-state index >= 15 is 0 Å². The minimum atomic E-state index is 0.179. The average molecular weight is 423 g/mol. The molecule has 2 aromatic rings. The van der Waals surface area contributed by atoms with Crippen LogP contribution in [-0.4, -0.2) is 10.2 Å². The summed E-state index contributed by atoms with van der Waals surface area (Å²) in [6, 6.07) is 8.67. The molecule has 2 N–H and O–H groups in total.